The van der Waals surface area contributed by atoms with E-state index < -0.39 is 41.0 Å². The van der Waals surface area contributed by atoms with Crippen molar-refractivity contribution in [3.63, 3.8) is 0 Å². The van der Waals surface area contributed by atoms with Crippen molar-refractivity contribution in [2.45, 2.75) is 49.8 Å². The van der Waals surface area contributed by atoms with Crippen LogP contribution < -0.4 is 21.1 Å². The predicted molar refractivity (Wildman–Crippen MR) is 126 cm³/mol. The van der Waals surface area contributed by atoms with Gasteiger partial charge in [0, 0.05) is 19.1 Å². The number of ether oxygens (including phenoxy) is 1. The van der Waals surface area contributed by atoms with Crippen LogP contribution in [0.2, 0.25) is 0 Å². The lowest BCUT2D eigenvalue weighted by molar-refractivity contribution is -0.143. The zero-order valence-corrected chi connectivity index (χ0v) is 19.5. The van der Waals surface area contributed by atoms with E-state index in [1.165, 1.54) is 11.7 Å². The number of benzene rings is 2. The van der Waals surface area contributed by atoms with E-state index in [-0.39, 0.29) is 18.2 Å². The molecule has 4 heterocycles. The zero-order valence-electron chi connectivity index (χ0n) is 19.5. The number of para-hydroxylation sites is 2. The van der Waals surface area contributed by atoms with Crippen LogP contribution in [0.15, 0.2) is 53.3 Å². The molecule has 2 amide bonds. The van der Waals surface area contributed by atoms with E-state index in [9.17, 15) is 19.5 Å². The van der Waals surface area contributed by atoms with Crippen LogP contribution in [-0.4, -0.2) is 45.8 Å². The molecule has 1 aromatic heterocycles. The van der Waals surface area contributed by atoms with Crippen molar-refractivity contribution in [1.82, 2.24) is 20.2 Å². The molecule has 3 aromatic rings. The minimum Gasteiger partial charge on any atom is -0.381 e. The van der Waals surface area contributed by atoms with Crippen molar-refractivity contribution in [2.75, 3.05) is 12.0 Å². The molecule has 0 bridgehead atoms. The molecule has 0 saturated carbocycles. The van der Waals surface area contributed by atoms with Gasteiger partial charge in [-0.2, -0.15) is 0 Å². The minimum atomic E-state index is -1.64. The number of nitrogens with zero attached hydrogens (tertiary/aromatic N) is 3. The first-order chi connectivity index (χ1) is 16.7. The monoisotopic (exact) mass is 475 g/mol. The summed E-state index contributed by atoms with van der Waals surface area (Å²) in [5.41, 5.74) is -1.78. The van der Waals surface area contributed by atoms with Gasteiger partial charge in [0.1, 0.15) is 17.8 Å². The molecule has 180 valence electrons. The molecule has 0 spiro atoms. The van der Waals surface area contributed by atoms with E-state index in [2.05, 4.69) is 15.6 Å². The second-order valence-electron chi connectivity index (χ2n) is 9.51. The van der Waals surface area contributed by atoms with E-state index in [1.807, 2.05) is 0 Å². The Kier molecular flexibility index (Phi) is 4.51. The summed E-state index contributed by atoms with van der Waals surface area (Å²) in [7, 11) is 1.43. The Hall–Kier alpha value is -3.60. The molecule has 10 heteroatoms. The standard InChI is InChI=1S/C25H25N5O5/c1-13-20(32)29-17-11-7-5-9-15(17)25(34,23(29)26-13)12-18-19(31)28-24(2,35-3)22-27-16-10-6-4-8-14(16)21(33)30(18)22/h4-11,13,18,23,26,34H,12H2,1-3H3,(H,28,31)/t13-,18+,23-,24+,25-/m0/s1. The van der Waals surface area contributed by atoms with Crippen LogP contribution in [0.1, 0.15) is 37.7 Å². The number of aliphatic hydroxyl groups is 1. The lowest BCUT2D eigenvalue weighted by Gasteiger charge is -2.41. The molecular formula is C25H25N5O5. The Morgan fingerprint density at radius 2 is 1.83 bits per heavy atom. The van der Waals surface area contributed by atoms with Gasteiger partial charge in [-0.25, -0.2) is 4.98 Å². The minimum absolute atomic E-state index is 0.156. The van der Waals surface area contributed by atoms with Crippen molar-refractivity contribution in [3.8, 4) is 0 Å². The Morgan fingerprint density at radius 1 is 1.11 bits per heavy atom. The van der Waals surface area contributed by atoms with Crippen LogP contribution in [0.25, 0.3) is 10.9 Å². The molecule has 35 heavy (non-hydrogen) atoms. The maximum Gasteiger partial charge on any atom is 0.262 e. The Labute approximate surface area is 200 Å². The van der Waals surface area contributed by atoms with Crippen LogP contribution in [0.5, 0.6) is 0 Å². The maximum absolute atomic E-state index is 13.7. The van der Waals surface area contributed by atoms with Crippen LogP contribution in [-0.2, 0) is 25.7 Å². The normalized spacial score (nSPS) is 31.3. The first-order valence-corrected chi connectivity index (χ1v) is 11.5. The summed E-state index contributed by atoms with van der Waals surface area (Å²) in [5, 5.41) is 18.5. The van der Waals surface area contributed by atoms with Gasteiger partial charge in [0.2, 0.25) is 11.8 Å². The lowest BCUT2D eigenvalue weighted by Crippen LogP contribution is -2.59. The van der Waals surface area contributed by atoms with Crippen molar-refractivity contribution in [3.05, 3.63) is 70.3 Å². The van der Waals surface area contributed by atoms with Gasteiger partial charge < -0.3 is 15.2 Å². The van der Waals surface area contributed by atoms with E-state index >= 15 is 0 Å². The number of nitrogens with one attached hydrogen (secondary N) is 2. The molecule has 6 rings (SSSR count). The summed E-state index contributed by atoms with van der Waals surface area (Å²) < 4.78 is 6.92. The van der Waals surface area contributed by atoms with Crippen LogP contribution in [0, 0.1) is 0 Å². The number of anilines is 1. The summed E-state index contributed by atoms with van der Waals surface area (Å²) >= 11 is 0. The molecule has 0 radical (unpaired) electrons. The number of rotatable bonds is 3. The highest BCUT2D eigenvalue weighted by Crippen LogP contribution is 2.49. The number of hydrogen-bond acceptors (Lipinski definition) is 7. The molecular weight excluding hydrogens is 450 g/mol. The van der Waals surface area contributed by atoms with E-state index in [4.69, 9.17) is 4.74 Å². The fraction of sp³-hybridized carbons (Fsp3) is 0.360. The van der Waals surface area contributed by atoms with Crippen molar-refractivity contribution >= 4 is 28.4 Å². The number of methoxy groups -OCH3 is 1. The first kappa shape index (κ1) is 21.9. The van der Waals surface area contributed by atoms with Gasteiger partial charge in [-0.15, -0.1) is 0 Å². The van der Waals surface area contributed by atoms with Crippen molar-refractivity contribution in [1.29, 1.82) is 0 Å². The van der Waals surface area contributed by atoms with Gasteiger partial charge in [0.05, 0.1) is 22.6 Å². The van der Waals surface area contributed by atoms with Gasteiger partial charge in [0.15, 0.2) is 11.5 Å². The third-order valence-electron chi connectivity index (χ3n) is 7.48. The van der Waals surface area contributed by atoms with Gasteiger partial charge in [-0.3, -0.25) is 29.2 Å². The summed E-state index contributed by atoms with van der Waals surface area (Å²) in [5.74, 6) is -0.407. The molecule has 3 N–H and O–H groups in total. The third kappa shape index (κ3) is 2.81. The largest absolute Gasteiger partial charge is 0.381 e. The molecule has 3 aliphatic rings. The first-order valence-electron chi connectivity index (χ1n) is 11.5. The van der Waals surface area contributed by atoms with Gasteiger partial charge in [-0.05, 0) is 32.0 Å². The molecule has 3 aliphatic heterocycles. The molecule has 2 aromatic carbocycles. The number of hydrogen-bond donors (Lipinski definition) is 3. The summed E-state index contributed by atoms with van der Waals surface area (Å²) in [6.45, 7) is 3.37. The SMILES string of the molecule is CO[C@@]1(C)NC(=O)[C@@H](C[C@]2(O)c3ccccc3N3C(=O)[C@H](C)N[C@@H]32)n2c1nc1ccccc1c2=O. The number of carbonyl (C=O) groups excluding carboxylic acids is 2. The highest BCUT2D eigenvalue weighted by Gasteiger charge is 2.59. The van der Waals surface area contributed by atoms with Gasteiger partial charge in [0.25, 0.3) is 5.56 Å². The number of fused-ring (bicyclic) bond motifs is 5. The molecule has 1 fully saturated rings. The topological polar surface area (TPSA) is 126 Å². The Morgan fingerprint density at radius 3 is 2.60 bits per heavy atom. The molecule has 5 atom stereocenters. The number of amides is 2. The lowest BCUT2D eigenvalue weighted by atomic mass is 9.85. The number of carbonyl (C=O) groups is 2. The quantitative estimate of drug-likeness (QED) is 0.512. The molecule has 1 saturated heterocycles. The van der Waals surface area contributed by atoms with Gasteiger partial charge >= 0.3 is 0 Å². The van der Waals surface area contributed by atoms with Crippen LogP contribution in [0.3, 0.4) is 0 Å². The van der Waals surface area contributed by atoms with E-state index in [0.717, 1.165) is 0 Å². The maximum atomic E-state index is 13.7. The van der Waals surface area contributed by atoms with Crippen molar-refractivity contribution < 1.29 is 19.4 Å². The predicted octanol–water partition coefficient (Wildman–Crippen LogP) is 0.829. The second-order valence-corrected chi connectivity index (χ2v) is 9.51. The van der Waals surface area contributed by atoms with Crippen LogP contribution in [0.4, 0.5) is 5.69 Å². The van der Waals surface area contributed by atoms with Crippen LogP contribution >= 0.6 is 0 Å². The number of aromatic nitrogens is 2. The second kappa shape index (κ2) is 7.20. The van der Waals surface area contributed by atoms with E-state index in [1.54, 1.807) is 67.3 Å². The van der Waals surface area contributed by atoms with E-state index in [0.29, 0.717) is 22.2 Å². The Bertz CT molecular complexity index is 1470. The zero-order chi connectivity index (χ0) is 24.7. The highest BCUT2D eigenvalue weighted by molar-refractivity contribution is 6.02. The van der Waals surface area contributed by atoms with Gasteiger partial charge in [-0.1, -0.05) is 30.3 Å². The molecule has 10 nitrogen and oxygen atoms in total. The fourth-order valence-corrected chi connectivity index (χ4v) is 5.63. The highest BCUT2D eigenvalue weighted by atomic mass is 16.5. The van der Waals surface area contributed by atoms with Crippen molar-refractivity contribution in [2.24, 2.45) is 0 Å². The fourth-order valence-electron chi connectivity index (χ4n) is 5.63. The molecule has 0 unspecified atom stereocenters. The summed E-state index contributed by atoms with van der Waals surface area (Å²) in [6.07, 6.45) is -0.935. The smallest absolute Gasteiger partial charge is 0.262 e. The average molecular weight is 476 g/mol. The summed E-state index contributed by atoms with van der Waals surface area (Å²) in [4.78, 5) is 46.3. The average Bonchev–Trinajstić information content (AvgIpc) is 3.28. The third-order valence-corrected chi connectivity index (χ3v) is 7.48. The molecule has 0 aliphatic carbocycles. The summed E-state index contributed by atoms with van der Waals surface area (Å²) in [6, 6.07) is 12.4. The Balaban J connectivity index is 1.55.